The Hall–Kier alpha value is -4.05. The SMILES string of the molecule is CC(C)Cc1nnc(N2C(=O)c3oc4ccccc4c(=O)c3C2c2ccc(OCC(N)=O)cc2)s1. The number of hydrogen-bond donors (Lipinski definition) is 1. The summed E-state index contributed by atoms with van der Waals surface area (Å²) in [6.45, 7) is 3.91. The molecule has 2 aromatic carbocycles. The van der Waals surface area contributed by atoms with Crippen LogP contribution in [0.25, 0.3) is 11.0 Å². The van der Waals surface area contributed by atoms with Crippen molar-refractivity contribution in [2.45, 2.75) is 26.3 Å². The number of rotatable bonds is 7. The Morgan fingerprint density at radius 3 is 2.60 bits per heavy atom. The molecule has 0 saturated carbocycles. The van der Waals surface area contributed by atoms with Crippen molar-refractivity contribution in [3.05, 3.63) is 80.6 Å². The highest BCUT2D eigenvalue weighted by Crippen LogP contribution is 2.42. The van der Waals surface area contributed by atoms with Crippen molar-refractivity contribution in [1.82, 2.24) is 10.2 Å². The number of para-hydroxylation sites is 1. The molecule has 2 aromatic heterocycles. The van der Waals surface area contributed by atoms with Crippen LogP contribution in [0, 0.1) is 5.92 Å². The fourth-order valence-corrected chi connectivity index (χ4v) is 5.18. The predicted molar refractivity (Wildman–Crippen MR) is 131 cm³/mol. The van der Waals surface area contributed by atoms with Crippen molar-refractivity contribution in [3.63, 3.8) is 0 Å². The van der Waals surface area contributed by atoms with Gasteiger partial charge in [0.15, 0.2) is 12.0 Å². The average Bonchev–Trinajstić information content (AvgIpc) is 3.40. The summed E-state index contributed by atoms with van der Waals surface area (Å²) in [6, 6.07) is 12.9. The molecule has 10 heteroatoms. The first-order valence-electron chi connectivity index (χ1n) is 11.1. The van der Waals surface area contributed by atoms with Crippen LogP contribution in [0.4, 0.5) is 5.13 Å². The van der Waals surface area contributed by atoms with Crippen LogP contribution in [-0.4, -0.2) is 28.6 Å². The van der Waals surface area contributed by atoms with E-state index in [4.69, 9.17) is 14.9 Å². The first-order chi connectivity index (χ1) is 16.8. The fourth-order valence-electron chi connectivity index (χ4n) is 4.11. The molecule has 9 nitrogen and oxygen atoms in total. The second-order valence-electron chi connectivity index (χ2n) is 8.65. The third kappa shape index (κ3) is 4.17. The van der Waals surface area contributed by atoms with Crippen molar-refractivity contribution >= 4 is 39.3 Å². The van der Waals surface area contributed by atoms with Crippen LogP contribution in [0.1, 0.15) is 46.6 Å². The van der Waals surface area contributed by atoms with Gasteiger partial charge in [-0.05, 0) is 35.7 Å². The molecule has 0 bridgehead atoms. The van der Waals surface area contributed by atoms with Crippen LogP contribution in [-0.2, 0) is 11.2 Å². The number of amides is 2. The minimum atomic E-state index is -0.761. The number of nitrogens with two attached hydrogens (primary N) is 1. The Morgan fingerprint density at radius 1 is 1.14 bits per heavy atom. The molecule has 5 rings (SSSR count). The molecular formula is C25H22N4O5S. The Labute approximate surface area is 204 Å². The van der Waals surface area contributed by atoms with E-state index in [1.807, 2.05) is 0 Å². The van der Waals surface area contributed by atoms with E-state index in [0.717, 1.165) is 11.4 Å². The number of nitrogens with zero attached hydrogens (tertiary/aromatic N) is 3. The highest BCUT2D eigenvalue weighted by Gasteiger charge is 2.45. The van der Waals surface area contributed by atoms with E-state index in [9.17, 15) is 14.4 Å². The zero-order valence-corrected chi connectivity index (χ0v) is 19.9. The van der Waals surface area contributed by atoms with Crippen LogP contribution in [0.3, 0.4) is 0 Å². The summed E-state index contributed by atoms with van der Waals surface area (Å²) in [5.74, 6) is -0.236. The number of anilines is 1. The second kappa shape index (κ2) is 8.95. The molecule has 0 aliphatic carbocycles. The van der Waals surface area contributed by atoms with Gasteiger partial charge in [-0.2, -0.15) is 0 Å². The average molecular weight is 491 g/mol. The minimum absolute atomic E-state index is 0.00614. The number of fused-ring (bicyclic) bond motifs is 2. The molecule has 3 heterocycles. The van der Waals surface area contributed by atoms with Gasteiger partial charge in [-0.25, -0.2) is 0 Å². The molecule has 2 amide bonds. The predicted octanol–water partition coefficient (Wildman–Crippen LogP) is 3.46. The molecule has 1 unspecified atom stereocenters. The molecule has 0 spiro atoms. The van der Waals surface area contributed by atoms with Crippen LogP contribution in [0.15, 0.2) is 57.7 Å². The topological polar surface area (TPSA) is 129 Å². The van der Waals surface area contributed by atoms with E-state index in [1.165, 1.54) is 16.2 Å². The van der Waals surface area contributed by atoms with Gasteiger partial charge < -0.3 is 14.9 Å². The summed E-state index contributed by atoms with van der Waals surface area (Å²) in [6.07, 6.45) is 0.726. The third-order valence-electron chi connectivity index (χ3n) is 5.60. The molecule has 1 atom stereocenters. The lowest BCUT2D eigenvalue weighted by molar-refractivity contribution is -0.119. The summed E-state index contributed by atoms with van der Waals surface area (Å²) >= 11 is 1.32. The summed E-state index contributed by atoms with van der Waals surface area (Å²) in [7, 11) is 0. The van der Waals surface area contributed by atoms with E-state index < -0.39 is 17.9 Å². The Morgan fingerprint density at radius 2 is 1.89 bits per heavy atom. The Balaban J connectivity index is 1.64. The molecule has 0 saturated heterocycles. The van der Waals surface area contributed by atoms with Crippen LogP contribution in [0.2, 0.25) is 0 Å². The molecule has 1 aliphatic heterocycles. The molecule has 0 radical (unpaired) electrons. The number of carbonyl (C=O) groups excluding carboxylic acids is 2. The fraction of sp³-hybridized carbons (Fsp3) is 0.240. The minimum Gasteiger partial charge on any atom is -0.484 e. The first kappa shape index (κ1) is 22.7. The quantitative estimate of drug-likeness (QED) is 0.420. The van der Waals surface area contributed by atoms with E-state index in [-0.39, 0.29) is 23.4 Å². The number of hydrogen-bond acceptors (Lipinski definition) is 8. The Bertz CT molecular complexity index is 1490. The summed E-state index contributed by atoms with van der Waals surface area (Å²) in [5.41, 5.74) is 6.13. The van der Waals surface area contributed by atoms with Gasteiger partial charge in [0.1, 0.15) is 16.3 Å². The van der Waals surface area contributed by atoms with Crippen molar-refractivity contribution in [3.8, 4) is 5.75 Å². The van der Waals surface area contributed by atoms with Crippen molar-refractivity contribution < 1.29 is 18.7 Å². The normalized spacial score (nSPS) is 15.1. The van der Waals surface area contributed by atoms with Gasteiger partial charge in [0.25, 0.3) is 11.8 Å². The van der Waals surface area contributed by atoms with Crippen molar-refractivity contribution in [1.29, 1.82) is 0 Å². The van der Waals surface area contributed by atoms with Crippen molar-refractivity contribution in [2.24, 2.45) is 11.7 Å². The van der Waals surface area contributed by atoms with E-state index in [1.54, 1.807) is 48.5 Å². The number of primary amides is 1. The monoisotopic (exact) mass is 490 g/mol. The van der Waals surface area contributed by atoms with Gasteiger partial charge >= 0.3 is 0 Å². The Kier molecular flexibility index (Phi) is 5.81. The molecular weight excluding hydrogens is 468 g/mol. The van der Waals surface area contributed by atoms with Gasteiger partial charge in [-0.1, -0.05) is 49.4 Å². The number of aromatic nitrogens is 2. The van der Waals surface area contributed by atoms with E-state index >= 15 is 0 Å². The van der Waals surface area contributed by atoms with Gasteiger partial charge in [-0.3, -0.25) is 19.3 Å². The molecule has 35 heavy (non-hydrogen) atoms. The van der Waals surface area contributed by atoms with Crippen molar-refractivity contribution in [2.75, 3.05) is 11.5 Å². The molecule has 4 aromatic rings. The highest BCUT2D eigenvalue weighted by molar-refractivity contribution is 7.15. The number of ether oxygens (including phenoxy) is 1. The molecule has 1 aliphatic rings. The lowest BCUT2D eigenvalue weighted by Gasteiger charge is -2.22. The molecule has 0 fully saturated rings. The number of benzene rings is 2. The zero-order chi connectivity index (χ0) is 24.7. The largest absolute Gasteiger partial charge is 0.484 e. The second-order valence-corrected chi connectivity index (χ2v) is 9.69. The molecule has 2 N–H and O–H groups in total. The standard InChI is InChI=1S/C25H22N4O5S/c1-13(2)11-19-27-28-25(35-19)29-21(14-7-9-15(10-8-14)33-12-18(26)30)20-22(31)16-5-3-4-6-17(16)34-23(20)24(29)32/h3-10,13,21H,11-12H2,1-2H3,(H2,26,30). The molecule has 178 valence electrons. The summed E-state index contributed by atoms with van der Waals surface area (Å²) in [5, 5.41) is 10.1. The maximum Gasteiger partial charge on any atom is 0.297 e. The highest BCUT2D eigenvalue weighted by atomic mass is 32.1. The van der Waals surface area contributed by atoms with Gasteiger partial charge in [0.2, 0.25) is 10.9 Å². The summed E-state index contributed by atoms with van der Waals surface area (Å²) < 4.78 is 11.3. The van der Waals surface area contributed by atoms with E-state index in [0.29, 0.717) is 33.3 Å². The van der Waals surface area contributed by atoms with Gasteiger partial charge in [-0.15, -0.1) is 10.2 Å². The van der Waals surface area contributed by atoms with Gasteiger partial charge in [0, 0.05) is 6.42 Å². The smallest absolute Gasteiger partial charge is 0.297 e. The van der Waals surface area contributed by atoms with Gasteiger partial charge in [0.05, 0.1) is 17.0 Å². The lowest BCUT2D eigenvalue weighted by Crippen LogP contribution is -2.29. The summed E-state index contributed by atoms with van der Waals surface area (Å²) in [4.78, 5) is 39.7. The van der Waals surface area contributed by atoms with E-state index in [2.05, 4.69) is 24.0 Å². The first-order valence-corrected chi connectivity index (χ1v) is 11.9. The van der Waals surface area contributed by atoms with Crippen LogP contribution >= 0.6 is 11.3 Å². The van der Waals surface area contributed by atoms with Crippen LogP contribution in [0.5, 0.6) is 5.75 Å². The maximum atomic E-state index is 13.6. The lowest BCUT2D eigenvalue weighted by atomic mass is 9.98. The zero-order valence-electron chi connectivity index (χ0n) is 19.1. The third-order valence-corrected chi connectivity index (χ3v) is 6.54. The van der Waals surface area contributed by atoms with Crippen LogP contribution < -0.4 is 20.8 Å². The maximum absolute atomic E-state index is 13.6. The number of carbonyl (C=O) groups is 2.